The Balaban J connectivity index is 0.000000192. The molecule has 202 valence electrons. The van der Waals surface area contributed by atoms with Crippen molar-refractivity contribution in [3.8, 4) is 0 Å². The van der Waals surface area contributed by atoms with Gasteiger partial charge < -0.3 is 0 Å². The van der Waals surface area contributed by atoms with Gasteiger partial charge in [-0.3, -0.25) is 6.08 Å². The first-order chi connectivity index (χ1) is 18.1. The quantitative estimate of drug-likeness (QED) is 0.193. The predicted octanol–water partition coefficient (Wildman–Crippen LogP) is 10.8. The molecule has 0 bridgehead atoms. The Hall–Kier alpha value is -2.24. The molecule has 0 saturated carbocycles. The molecule has 0 nitrogen and oxygen atoms in total. The molecule has 0 heterocycles. The molecule has 0 atom stereocenters. The Morgan fingerprint density at radius 2 is 1.18 bits per heavy atom. The van der Waals surface area contributed by atoms with Gasteiger partial charge >= 0.3 is 70.3 Å². The van der Waals surface area contributed by atoms with Crippen molar-refractivity contribution in [2.75, 3.05) is 0 Å². The predicted molar refractivity (Wildman–Crippen MR) is 171 cm³/mol. The zero-order valence-electron chi connectivity index (χ0n) is 25.8. The van der Waals surface area contributed by atoms with Crippen molar-refractivity contribution >= 4 is 24.8 Å². The van der Waals surface area contributed by atoms with Crippen LogP contribution >= 0.6 is 0 Å². The molecule has 1 aliphatic carbocycles. The number of hydrogen-bond donors (Lipinski definition) is 0. The zero-order chi connectivity index (χ0) is 29.0. The second-order valence-corrected chi connectivity index (χ2v) is 15.5. The van der Waals surface area contributed by atoms with Gasteiger partial charge in [0.05, 0.1) is 0 Å². The third-order valence-electron chi connectivity index (χ3n) is 7.21. The van der Waals surface area contributed by atoms with Crippen LogP contribution < -0.4 is 0 Å². The zero-order valence-corrected chi connectivity index (χ0v) is 28.2. The van der Waals surface area contributed by atoms with Crippen LogP contribution in [0.2, 0.25) is 0 Å². The van der Waals surface area contributed by atoms with Crippen LogP contribution in [0.1, 0.15) is 92.3 Å². The van der Waals surface area contributed by atoms with Crippen LogP contribution in [-0.4, -0.2) is 3.21 Å². The number of fused-ring (bicyclic) bond motifs is 3. The van der Waals surface area contributed by atoms with Gasteiger partial charge in [0, 0.05) is 0 Å². The third kappa shape index (κ3) is 8.62. The van der Waals surface area contributed by atoms with Crippen molar-refractivity contribution in [1.29, 1.82) is 0 Å². The van der Waals surface area contributed by atoms with Gasteiger partial charge in [-0.2, -0.15) is 11.6 Å². The molecule has 1 aliphatic rings. The average molecular weight is 594 g/mol. The van der Waals surface area contributed by atoms with Gasteiger partial charge in [-0.1, -0.05) is 103 Å². The van der Waals surface area contributed by atoms with Crippen molar-refractivity contribution in [3.05, 3.63) is 113 Å². The molecule has 0 N–H and O–H groups in total. The summed E-state index contributed by atoms with van der Waals surface area (Å²) < 4.78 is 1.46. The summed E-state index contributed by atoms with van der Waals surface area (Å²) in [4.78, 5) is 0. The van der Waals surface area contributed by atoms with Gasteiger partial charge in [-0.05, 0) is 10.8 Å². The number of benzene rings is 3. The van der Waals surface area contributed by atoms with E-state index >= 15 is 0 Å². The topological polar surface area (TPSA) is 0 Å². The molecule has 0 unspecified atom stereocenters. The number of allylic oxidation sites excluding steroid dienone is 4. The second kappa shape index (κ2) is 12.5. The Labute approximate surface area is 252 Å². The Kier molecular flexibility index (Phi) is 10.0. The van der Waals surface area contributed by atoms with Crippen molar-refractivity contribution in [2.45, 2.75) is 86.5 Å². The number of hydrogen-bond acceptors (Lipinski definition) is 0. The van der Waals surface area contributed by atoms with E-state index in [0.717, 1.165) is 6.42 Å². The minimum absolute atomic E-state index is 0.194. The normalized spacial score (nSPS) is 13.5. The van der Waals surface area contributed by atoms with Crippen LogP contribution in [0.15, 0.2) is 90.5 Å². The van der Waals surface area contributed by atoms with E-state index in [4.69, 9.17) is 0 Å². The Bertz CT molecular complexity index is 1400. The van der Waals surface area contributed by atoms with Crippen LogP contribution in [0, 0.1) is 11.5 Å². The van der Waals surface area contributed by atoms with Crippen molar-refractivity contribution in [1.82, 2.24) is 0 Å². The molecule has 1 heteroatoms. The van der Waals surface area contributed by atoms with E-state index in [-0.39, 0.29) is 10.8 Å². The first-order valence-electron chi connectivity index (χ1n) is 14.1. The number of rotatable bonds is 1. The molecule has 4 aromatic carbocycles. The third-order valence-corrected chi connectivity index (χ3v) is 7.92. The average Bonchev–Trinajstić information content (AvgIpc) is 3.52. The molecule has 0 fully saturated rings. The summed E-state index contributed by atoms with van der Waals surface area (Å²) in [5, 5.41) is 5.49. The first-order valence-corrected chi connectivity index (χ1v) is 15.3. The molecular formula is C38H46Zr. The molecule has 0 spiro atoms. The van der Waals surface area contributed by atoms with E-state index in [9.17, 15) is 0 Å². The van der Waals surface area contributed by atoms with Gasteiger partial charge in [0.25, 0.3) is 0 Å². The summed E-state index contributed by atoms with van der Waals surface area (Å²) in [6.07, 6.45) is 8.50. The molecule has 39 heavy (non-hydrogen) atoms. The maximum absolute atomic E-state index is 3.16. The van der Waals surface area contributed by atoms with Gasteiger partial charge in [0.2, 0.25) is 0 Å². The minimum atomic E-state index is 0.194. The van der Waals surface area contributed by atoms with Gasteiger partial charge in [0.15, 0.2) is 0 Å². The monoisotopic (exact) mass is 592 g/mol. The standard InChI is InChI=1S/C21H25.C9H13.C8H8.Zr/c1-20(2,3)16-9-7-14-11-15-8-10-17(21(4,5)6)13-19(15)18(14)12-16;1-9(2,3)8-6-4-5-7-8;1-2-8-6-4-3-5-7-8;/h7-13H,1-6H3;6-7H,4H2,1-3H3;3-7H,1H3;/q2*-1;;+2. The van der Waals surface area contributed by atoms with Crippen molar-refractivity contribution in [2.24, 2.45) is 5.41 Å². The van der Waals surface area contributed by atoms with E-state index in [2.05, 4.69) is 154 Å². The van der Waals surface area contributed by atoms with E-state index < -0.39 is 0 Å². The first kappa shape index (κ1) is 31.3. The summed E-state index contributed by atoms with van der Waals surface area (Å²) in [5.74, 6) is 0. The molecule has 0 aliphatic heterocycles. The molecule has 5 rings (SSSR count). The van der Waals surface area contributed by atoms with E-state index in [1.165, 1.54) is 71.2 Å². The summed E-state index contributed by atoms with van der Waals surface area (Å²) in [6, 6.07) is 26.6. The molecule has 0 saturated heterocycles. The van der Waals surface area contributed by atoms with E-state index in [0.29, 0.717) is 5.41 Å². The van der Waals surface area contributed by atoms with Crippen LogP contribution in [0.25, 0.3) is 21.5 Å². The SMILES string of the molecule is CC(C)(C)C1=CC[C-]=C1.CC(C)(C)c1ccc2[cH-]c3ccc(C(C)(C)C)cc3c2c1.C[C](=[Zr+2])c1ccccc1. The van der Waals surface area contributed by atoms with Crippen LogP contribution in [-0.2, 0) is 35.1 Å². The Morgan fingerprint density at radius 3 is 1.49 bits per heavy atom. The van der Waals surface area contributed by atoms with Crippen molar-refractivity contribution in [3.63, 3.8) is 0 Å². The van der Waals surface area contributed by atoms with Gasteiger partial charge in [-0.15, -0.1) is 46.2 Å². The molecule has 0 radical (unpaired) electrons. The fourth-order valence-corrected chi connectivity index (χ4v) is 4.95. The van der Waals surface area contributed by atoms with E-state index in [1.807, 2.05) is 6.07 Å². The molecule has 0 amide bonds. The van der Waals surface area contributed by atoms with Crippen LogP contribution in [0.4, 0.5) is 0 Å². The van der Waals surface area contributed by atoms with Crippen molar-refractivity contribution < 1.29 is 24.2 Å². The fraction of sp³-hybridized carbons (Fsp3) is 0.368. The second-order valence-electron chi connectivity index (χ2n) is 13.7. The van der Waals surface area contributed by atoms with Crippen LogP contribution in [0.3, 0.4) is 0 Å². The summed E-state index contributed by atoms with van der Waals surface area (Å²) in [7, 11) is 0. The van der Waals surface area contributed by atoms with Gasteiger partial charge in [0.1, 0.15) is 0 Å². The summed E-state index contributed by atoms with van der Waals surface area (Å²) >= 11 is 1.51. The summed E-state index contributed by atoms with van der Waals surface area (Å²) in [5.41, 5.74) is 6.31. The van der Waals surface area contributed by atoms with Gasteiger partial charge in [-0.25, -0.2) is 6.08 Å². The molecule has 0 aromatic heterocycles. The van der Waals surface area contributed by atoms with E-state index in [1.54, 1.807) is 0 Å². The maximum atomic E-state index is 3.16. The Morgan fingerprint density at radius 1 is 0.692 bits per heavy atom. The molecular weight excluding hydrogens is 548 g/mol. The fourth-order valence-electron chi connectivity index (χ4n) is 4.54. The van der Waals surface area contributed by atoms with Crippen LogP contribution in [0.5, 0.6) is 0 Å². The molecule has 4 aromatic rings. The summed E-state index contributed by atoms with van der Waals surface area (Å²) in [6.45, 7) is 22.5.